The average molecular weight is 388 g/mol. The lowest BCUT2D eigenvalue weighted by Crippen LogP contribution is -2.42. The van der Waals surface area contributed by atoms with Crippen molar-refractivity contribution in [3.05, 3.63) is 23.9 Å². The third kappa shape index (κ3) is 5.48. The van der Waals surface area contributed by atoms with E-state index < -0.39 is 11.7 Å². The van der Waals surface area contributed by atoms with Crippen molar-refractivity contribution >= 4 is 11.9 Å². The number of aliphatic imine (C=N–C) groups is 1. The summed E-state index contributed by atoms with van der Waals surface area (Å²) < 4.78 is 47.6. The number of nitrogens with one attached hydrogen (secondary N) is 1. The highest BCUT2D eigenvalue weighted by Gasteiger charge is 2.36. The molecule has 1 aliphatic heterocycles. The number of ether oxygens (including phenoxy) is 2. The largest absolute Gasteiger partial charge is 0.476 e. The first-order chi connectivity index (χ1) is 12.8. The van der Waals surface area contributed by atoms with Gasteiger partial charge < -0.3 is 19.7 Å². The molecule has 2 rings (SSSR count). The summed E-state index contributed by atoms with van der Waals surface area (Å²) in [6, 6.07) is 2.11. The Morgan fingerprint density at radius 2 is 2.15 bits per heavy atom. The molecular formula is C17H23F3N4O3. The fraction of sp³-hybridized carbons (Fsp3) is 0.588. The summed E-state index contributed by atoms with van der Waals surface area (Å²) >= 11 is 0. The van der Waals surface area contributed by atoms with Crippen LogP contribution in [0.2, 0.25) is 0 Å². The lowest BCUT2D eigenvalue weighted by molar-refractivity contribution is -0.146. The molecule has 2 heterocycles. The van der Waals surface area contributed by atoms with E-state index in [0.29, 0.717) is 25.6 Å². The van der Waals surface area contributed by atoms with Gasteiger partial charge in [0.25, 0.3) is 0 Å². The van der Waals surface area contributed by atoms with Crippen LogP contribution in [-0.4, -0.2) is 62.2 Å². The minimum Gasteiger partial charge on any atom is -0.476 e. The van der Waals surface area contributed by atoms with Crippen LogP contribution in [0.1, 0.15) is 12.5 Å². The first-order valence-electron chi connectivity index (χ1n) is 8.45. The van der Waals surface area contributed by atoms with E-state index in [9.17, 15) is 18.0 Å². The van der Waals surface area contributed by atoms with Crippen LogP contribution in [0.25, 0.3) is 0 Å². The number of likely N-dealkylation sites (tertiary alicyclic amines) is 1. The van der Waals surface area contributed by atoms with E-state index in [1.54, 1.807) is 7.05 Å². The maximum atomic E-state index is 12.5. The van der Waals surface area contributed by atoms with Gasteiger partial charge in [0.15, 0.2) is 5.96 Å². The summed E-state index contributed by atoms with van der Waals surface area (Å²) in [7, 11) is 3.01. The van der Waals surface area contributed by atoms with Crippen molar-refractivity contribution in [2.45, 2.75) is 13.1 Å². The van der Waals surface area contributed by atoms with Crippen LogP contribution in [-0.2, 0) is 15.7 Å². The van der Waals surface area contributed by atoms with Crippen molar-refractivity contribution in [3.8, 4) is 5.88 Å². The Kier molecular flexibility index (Phi) is 6.86. The summed E-state index contributed by atoms with van der Waals surface area (Å²) in [6.07, 6.45) is -3.69. The number of carbonyl (C=O) groups is 1. The smallest absolute Gasteiger partial charge is 0.417 e. The van der Waals surface area contributed by atoms with E-state index in [4.69, 9.17) is 9.47 Å². The zero-order valence-electron chi connectivity index (χ0n) is 15.4. The standard InChI is InChI=1S/C17H23F3N4O3/c1-11-9-24(10-13(11)15(25)26-3)16(21-2)22-6-7-27-14-5-4-12(8-23-14)17(18,19)20/h4-5,8,11,13H,6-7,9-10H2,1-3H3,(H,21,22). The molecule has 1 saturated heterocycles. The van der Waals surface area contributed by atoms with Gasteiger partial charge in [-0.3, -0.25) is 9.79 Å². The monoisotopic (exact) mass is 388 g/mol. The van der Waals surface area contributed by atoms with Gasteiger partial charge in [-0.05, 0) is 12.0 Å². The number of hydrogen-bond donors (Lipinski definition) is 1. The van der Waals surface area contributed by atoms with Crippen molar-refractivity contribution < 1.29 is 27.4 Å². The molecule has 0 amide bonds. The third-order valence-electron chi connectivity index (χ3n) is 4.33. The van der Waals surface area contributed by atoms with Crippen LogP contribution in [0.5, 0.6) is 5.88 Å². The number of rotatable bonds is 5. The zero-order valence-corrected chi connectivity index (χ0v) is 15.4. The minimum atomic E-state index is -4.42. The van der Waals surface area contributed by atoms with Crippen LogP contribution >= 0.6 is 0 Å². The lowest BCUT2D eigenvalue weighted by atomic mass is 9.99. The van der Waals surface area contributed by atoms with Crippen molar-refractivity contribution in [3.63, 3.8) is 0 Å². The van der Waals surface area contributed by atoms with Crippen molar-refractivity contribution in [2.24, 2.45) is 16.8 Å². The molecule has 0 radical (unpaired) electrons. The van der Waals surface area contributed by atoms with E-state index in [2.05, 4.69) is 15.3 Å². The molecule has 7 nitrogen and oxygen atoms in total. The Labute approximate surface area is 155 Å². The van der Waals surface area contributed by atoms with Gasteiger partial charge in [-0.25, -0.2) is 4.98 Å². The number of pyridine rings is 1. The number of hydrogen-bond acceptors (Lipinski definition) is 5. The van der Waals surface area contributed by atoms with E-state index in [0.717, 1.165) is 12.3 Å². The molecule has 0 aliphatic carbocycles. The van der Waals surface area contributed by atoms with E-state index in [1.807, 2.05) is 11.8 Å². The Bertz CT molecular complexity index is 664. The number of halogens is 3. The molecule has 0 bridgehead atoms. The maximum Gasteiger partial charge on any atom is 0.417 e. The van der Waals surface area contributed by atoms with Crippen LogP contribution in [0, 0.1) is 11.8 Å². The highest BCUT2D eigenvalue weighted by Crippen LogP contribution is 2.29. The Hall–Kier alpha value is -2.52. The van der Waals surface area contributed by atoms with Crippen LogP contribution in [0.15, 0.2) is 23.3 Å². The van der Waals surface area contributed by atoms with E-state index in [-0.39, 0.29) is 30.3 Å². The summed E-state index contributed by atoms with van der Waals surface area (Å²) in [6.45, 7) is 3.73. The third-order valence-corrected chi connectivity index (χ3v) is 4.33. The summed E-state index contributed by atoms with van der Waals surface area (Å²) in [5.74, 6) is 0.430. The van der Waals surface area contributed by atoms with Gasteiger partial charge in [0, 0.05) is 32.4 Å². The fourth-order valence-electron chi connectivity index (χ4n) is 2.88. The fourth-order valence-corrected chi connectivity index (χ4v) is 2.88. The van der Waals surface area contributed by atoms with E-state index in [1.165, 1.54) is 13.2 Å². The quantitative estimate of drug-likeness (QED) is 0.359. The molecule has 0 spiro atoms. The summed E-state index contributed by atoms with van der Waals surface area (Å²) in [4.78, 5) is 21.6. The molecule has 150 valence electrons. The Morgan fingerprint density at radius 1 is 1.41 bits per heavy atom. The first kappa shape index (κ1) is 20.8. The molecule has 1 aliphatic rings. The van der Waals surface area contributed by atoms with Crippen LogP contribution in [0.4, 0.5) is 13.2 Å². The molecule has 10 heteroatoms. The van der Waals surface area contributed by atoms with Gasteiger partial charge in [-0.1, -0.05) is 6.92 Å². The molecule has 1 fully saturated rings. The Morgan fingerprint density at radius 3 is 2.70 bits per heavy atom. The molecule has 0 saturated carbocycles. The number of aromatic nitrogens is 1. The second kappa shape index (κ2) is 8.92. The lowest BCUT2D eigenvalue weighted by Gasteiger charge is -2.21. The van der Waals surface area contributed by atoms with Gasteiger partial charge in [-0.2, -0.15) is 13.2 Å². The van der Waals surface area contributed by atoms with Gasteiger partial charge in [0.05, 0.1) is 25.1 Å². The first-order valence-corrected chi connectivity index (χ1v) is 8.45. The summed E-state index contributed by atoms with van der Waals surface area (Å²) in [5.41, 5.74) is -0.823. The molecule has 1 N–H and O–H groups in total. The van der Waals surface area contributed by atoms with Crippen LogP contribution in [0.3, 0.4) is 0 Å². The number of guanidine groups is 1. The average Bonchev–Trinajstić information content (AvgIpc) is 3.02. The number of esters is 1. The normalized spacial score (nSPS) is 20.5. The highest BCUT2D eigenvalue weighted by molar-refractivity contribution is 5.82. The number of methoxy groups -OCH3 is 1. The number of alkyl halides is 3. The van der Waals surface area contributed by atoms with Crippen molar-refractivity contribution in [1.82, 2.24) is 15.2 Å². The molecule has 1 aromatic heterocycles. The topological polar surface area (TPSA) is 76.1 Å². The number of carbonyl (C=O) groups excluding carboxylic acids is 1. The van der Waals surface area contributed by atoms with Gasteiger partial charge in [-0.15, -0.1) is 0 Å². The molecule has 27 heavy (non-hydrogen) atoms. The second-order valence-corrected chi connectivity index (χ2v) is 6.22. The minimum absolute atomic E-state index is 0.111. The predicted molar refractivity (Wildman–Crippen MR) is 92.3 cm³/mol. The van der Waals surface area contributed by atoms with Crippen LogP contribution < -0.4 is 10.1 Å². The zero-order chi connectivity index (χ0) is 20.0. The van der Waals surface area contributed by atoms with Gasteiger partial charge in [0.1, 0.15) is 6.61 Å². The molecular weight excluding hydrogens is 365 g/mol. The summed E-state index contributed by atoms with van der Waals surface area (Å²) in [5, 5.41) is 3.11. The van der Waals surface area contributed by atoms with Gasteiger partial charge >= 0.3 is 12.1 Å². The highest BCUT2D eigenvalue weighted by atomic mass is 19.4. The Balaban J connectivity index is 1.79. The van der Waals surface area contributed by atoms with Crippen molar-refractivity contribution in [1.29, 1.82) is 0 Å². The van der Waals surface area contributed by atoms with Gasteiger partial charge in [0.2, 0.25) is 5.88 Å². The molecule has 2 unspecified atom stereocenters. The second-order valence-electron chi connectivity index (χ2n) is 6.22. The van der Waals surface area contributed by atoms with Crippen molar-refractivity contribution in [2.75, 3.05) is 40.4 Å². The molecule has 1 aromatic rings. The molecule has 0 aromatic carbocycles. The maximum absolute atomic E-state index is 12.5. The SMILES string of the molecule is CN=C(NCCOc1ccc(C(F)(F)F)cn1)N1CC(C)C(C(=O)OC)C1. The molecule has 2 atom stereocenters. The number of nitrogens with zero attached hydrogens (tertiary/aromatic N) is 3. The predicted octanol–water partition coefficient (Wildman–Crippen LogP) is 1.80. The van der Waals surface area contributed by atoms with E-state index >= 15 is 0 Å².